The molecule has 2 aromatic rings. The fraction of sp³-hybridized carbons (Fsp3) is 0.143. The molecular weight excluding hydrogens is 296 g/mol. The first kappa shape index (κ1) is 14.8. The molecule has 0 saturated heterocycles. The van der Waals surface area contributed by atoms with Gasteiger partial charge in [-0.05, 0) is 29.8 Å². The van der Waals surface area contributed by atoms with E-state index in [9.17, 15) is 8.42 Å². The van der Waals surface area contributed by atoms with Crippen molar-refractivity contribution in [1.29, 1.82) is 0 Å². The van der Waals surface area contributed by atoms with Crippen LogP contribution in [0.1, 0.15) is 5.56 Å². The van der Waals surface area contributed by atoms with E-state index in [-0.39, 0.29) is 16.5 Å². The average Bonchev–Trinajstić information content (AvgIpc) is 2.41. The number of hydrogen-bond acceptors (Lipinski definition) is 3. The van der Waals surface area contributed by atoms with Crippen molar-refractivity contribution in [2.24, 2.45) is 0 Å². The fourth-order valence-corrected chi connectivity index (χ4v) is 3.43. The van der Waals surface area contributed by atoms with E-state index in [0.29, 0.717) is 5.69 Å². The van der Waals surface area contributed by atoms with E-state index in [1.165, 1.54) is 17.4 Å². The summed E-state index contributed by atoms with van der Waals surface area (Å²) in [7, 11) is -2.08. The van der Waals surface area contributed by atoms with Gasteiger partial charge in [-0.1, -0.05) is 35.9 Å². The van der Waals surface area contributed by atoms with E-state index in [4.69, 9.17) is 17.3 Å². The Bertz CT molecular complexity index is 699. The van der Waals surface area contributed by atoms with Crippen LogP contribution in [0.25, 0.3) is 0 Å². The predicted octanol–water partition coefficient (Wildman–Crippen LogP) is 2.74. The highest BCUT2D eigenvalue weighted by Crippen LogP contribution is 2.24. The highest BCUT2D eigenvalue weighted by Gasteiger charge is 2.23. The first-order chi connectivity index (χ1) is 9.41. The zero-order chi connectivity index (χ0) is 14.8. The molecule has 0 heterocycles. The monoisotopic (exact) mass is 310 g/mol. The number of hydrogen-bond donors (Lipinski definition) is 1. The smallest absolute Gasteiger partial charge is 0.244 e. The Morgan fingerprint density at radius 1 is 1.10 bits per heavy atom. The van der Waals surface area contributed by atoms with Crippen LogP contribution in [-0.2, 0) is 16.6 Å². The molecule has 0 bridgehead atoms. The summed E-state index contributed by atoms with van der Waals surface area (Å²) in [4.78, 5) is 0.111. The Kier molecular flexibility index (Phi) is 4.32. The molecule has 0 aliphatic heterocycles. The quantitative estimate of drug-likeness (QED) is 0.883. The second-order valence-electron chi connectivity index (χ2n) is 4.43. The molecule has 0 aromatic heterocycles. The van der Waals surface area contributed by atoms with Crippen LogP contribution in [0.3, 0.4) is 0 Å². The molecule has 106 valence electrons. The third kappa shape index (κ3) is 3.12. The molecule has 20 heavy (non-hydrogen) atoms. The molecular formula is C14H15ClN2O2S. The molecule has 0 radical (unpaired) electrons. The van der Waals surface area contributed by atoms with Crippen molar-refractivity contribution in [1.82, 2.24) is 4.31 Å². The Morgan fingerprint density at radius 2 is 1.70 bits per heavy atom. The third-order valence-corrected chi connectivity index (χ3v) is 5.21. The summed E-state index contributed by atoms with van der Waals surface area (Å²) in [6, 6.07) is 13.5. The minimum Gasteiger partial charge on any atom is -0.399 e. The molecule has 2 rings (SSSR count). The number of sulfonamides is 1. The molecule has 0 spiro atoms. The van der Waals surface area contributed by atoms with Gasteiger partial charge in [-0.2, -0.15) is 4.31 Å². The Morgan fingerprint density at radius 3 is 2.30 bits per heavy atom. The van der Waals surface area contributed by atoms with Gasteiger partial charge in [0.2, 0.25) is 10.0 Å². The number of rotatable bonds is 4. The lowest BCUT2D eigenvalue weighted by Crippen LogP contribution is -2.26. The topological polar surface area (TPSA) is 63.4 Å². The van der Waals surface area contributed by atoms with Crippen LogP contribution >= 0.6 is 11.6 Å². The second-order valence-corrected chi connectivity index (χ2v) is 6.85. The van der Waals surface area contributed by atoms with E-state index in [1.54, 1.807) is 42.5 Å². The van der Waals surface area contributed by atoms with Crippen LogP contribution in [0.5, 0.6) is 0 Å². The maximum Gasteiger partial charge on any atom is 0.244 e. The summed E-state index contributed by atoms with van der Waals surface area (Å²) >= 11 is 5.95. The van der Waals surface area contributed by atoms with Crippen LogP contribution in [0.4, 0.5) is 5.69 Å². The number of anilines is 1. The van der Waals surface area contributed by atoms with Gasteiger partial charge in [0.25, 0.3) is 0 Å². The number of benzene rings is 2. The molecule has 0 atom stereocenters. The van der Waals surface area contributed by atoms with Crippen LogP contribution < -0.4 is 5.73 Å². The molecule has 0 amide bonds. The van der Waals surface area contributed by atoms with Crippen molar-refractivity contribution in [3.05, 3.63) is 59.1 Å². The Hall–Kier alpha value is -1.56. The second kappa shape index (κ2) is 5.83. The molecule has 0 unspecified atom stereocenters. The summed E-state index contributed by atoms with van der Waals surface area (Å²) in [5.41, 5.74) is 7.11. The molecule has 0 aliphatic rings. The number of nitrogens with two attached hydrogens (primary N) is 1. The van der Waals surface area contributed by atoms with E-state index in [2.05, 4.69) is 0 Å². The predicted molar refractivity (Wildman–Crippen MR) is 81.0 cm³/mol. The number of halogens is 1. The van der Waals surface area contributed by atoms with Crippen molar-refractivity contribution in [2.45, 2.75) is 11.4 Å². The minimum atomic E-state index is -3.61. The highest BCUT2D eigenvalue weighted by atomic mass is 35.5. The van der Waals surface area contributed by atoms with Crippen molar-refractivity contribution in [3.8, 4) is 0 Å². The summed E-state index contributed by atoms with van der Waals surface area (Å²) in [5.74, 6) is 0. The van der Waals surface area contributed by atoms with Crippen molar-refractivity contribution in [2.75, 3.05) is 12.8 Å². The van der Waals surface area contributed by atoms with E-state index >= 15 is 0 Å². The highest BCUT2D eigenvalue weighted by molar-refractivity contribution is 7.89. The maximum absolute atomic E-state index is 12.4. The van der Waals surface area contributed by atoms with Gasteiger partial charge in [0.05, 0.1) is 5.02 Å². The van der Waals surface area contributed by atoms with E-state index in [1.807, 2.05) is 0 Å². The number of nitrogen functional groups attached to an aromatic ring is 1. The van der Waals surface area contributed by atoms with Gasteiger partial charge in [0.1, 0.15) is 4.90 Å². The fourth-order valence-electron chi connectivity index (χ4n) is 1.79. The number of nitrogens with zero attached hydrogens (tertiary/aromatic N) is 1. The van der Waals surface area contributed by atoms with Gasteiger partial charge in [-0.3, -0.25) is 0 Å². The van der Waals surface area contributed by atoms with Gasteiger partial charge in [-0.25, -0.2) is 8.42 Å². The molecule has 0 aliphatic carbocycles. The van der Waals surface area contributed by atoms with Crippen molar-refractivity contribution < 1.29 is 8.42 Å². The molecule has 0 fully saturated rings. The average molecular weight is 311 g/mol. The SMILES string of the molecule is CN(Cc1ccc(N)cc1)S(=O)(=O)c1ccccc1Cl. The van der Waals surface area contributed by atoms with Crippen molar-refractivity contribution >= 4 is 27.3 Å². The summed E-state index contributed by atoms with van der Waals surface area (Å²) in [6.45, 7) is 0.258. The summed E-state index contributed by atoms with van der Waals surface area (Å²) < 4.78 is 26.1. The minimum absolute atomic E-state index is 0.111. The third-order valence-electron chi connectivity index (χ3n) is 2.91. The molecule has 2 N–H and O–H groups in total. The molecule has 2 aromatic carbocycles. The molecule has 0 saturated carbocycles. The van der Waals surface area contributed by atoms with E-state index < -0.39 is 10.0 Å². The van der Waals surface area contributed by atoms with Crippen LogP contribution in [0.2, 0.25) is 5.02 Å². The normalized spacial score (nSPS) is 11.8. The summed E-state index contributed by atoms with van der Waals surface area (Å²) in [6.07, 6.45) is 0. The maximum atomic E-state index is 12.4. The first-order valence-electron chi connectivity index (χ1n) is 5.96. The lowest BCUT2D eigenvalue weighted by molar-refractivity contribution is 0.467. The zero-order valence-corrected chi connectivity index (χ0v) is 12.5. The summed E-state index contributed by atoms with van der Waals surface area (Å²) in [5, 5.41) is 0.219. The van der Waals surface area contributed by atoms with Crippen LogP contribution in [-0.4, -0.2) is 19.8 Å². The Balaban J connectivity index is 2.26. The van der Waals surface area contributed by atoms with Crippen molar-refractivity contribution in [3.63, 3.8) is 0 Å². The molecule has 4 nitrogen and oxygen atoms in total. The first-order valence-corrected chi connectivity index (χ1v) is 7.78. The van der Waals surface area contributed by atoms with Gasteiger partial charge in [0, 0.05) is 19.3 Å². The lowest BCUT2D eigenvalue weighted by atomic mass is 10.2. The largest absolute Gasteiger partial charge is 0.399 e. The van der Waals surface area contributed by atoms with Crippen LogP contribution in [0.15, 0.2) is 53.4 Å². The Labute approximate surface area is 123 Å². The van der Waals surface area contributed by atoms with Gasteiger partial charge in [-0.15, -0.1) is 0 Å². The standard InChI is InChI=1S/C14H15ClN2O2S/c1-17(10-11-6-8-12(16)9-7-11)20(18,19)14-5-3-2-4-13(14)15/h2-9H,10,16H2,1H3. The zero-order valence-electron chi connectivity index (χ0n) is 11.0. The lowest BCUT2D eigenvalue weighted by Gasteiger charge is -2.18. The van der Waals surface area contributed by atoms with Gasteiger partial charge >= 0.3 is 0 Å². The van der Waals surface area contributed by atoms with E-state index in [0.717, 1.165) is 5.56 Å². The van der Waals surface area contributed by atoms with Crippen LogP contribution in [0, 0.1) is 0 Å². The van der Waals surface area contributed by atoms with Gasteiger partial charge < -0.3 is 5.73 Å². The van der Waals surface area contributed by atoms with Gasteiger partial charge in [0.15, 0.2) is 0 Å². The molecule has 6 heteroatoms.